The predicted octanol–water partition coefficient (Wildman–Crippen LogP) is 4.16. The predicted molar refractivity (Wildman–Crippen MR) is 70.5 cm³/mol. The van der Waals surface area contributed by atoms with Gasteiger partial charge >= 0.3 is 0 Å². The molecular formula is C15H13NO. The molecule has 0 fully saturated rings. The summed E-state index contributed by atoms with van der Waals surface area (Å²) < 4.78 is 5.01. The molecule has 2 heteroatoms. The van der Waals surface area contributed by atoms with Crippen molar-refractivity contribution in [1.29, 1.82) is 0 Å². The molecule has 17 heavy (non-hydrogen) atoms. The van der Waals surface area contributed by atoms with Crippen LogP contribution in [0.25, 0.3) is 17.2 Å². The van der Waals surface area contributed by atoms with E-state index in [4.69, 9.17) is 4.42 Å². The molecule has 1 aromatic heterocycles. The molecule has 0 atom stereocenters. The molecule has 2 aromatic carbocycles. The summed E-state index contributed by atoms with van der Waals surface area (Å²) in [7, 11) is 0. The average Bonchev–Trinajstić information content (AvgIpc) is 2.89. The number of hydrogen-bond donors (Lipinski definition) is 0. The van der Waals surface area contributed by atoms with Gasteiger partial charge in [-0.3, -0.25) is 0 Å². The van der Waals surface area contributed by atoms with Crippen LogP contribution < -0.4 is 0 Å². The molecule has 1 heterocycles. The highest BCUT2D eigenvalue weighted by Gasteiger charge is 1.91. The molecule has 2 nitrogen and oxygen atoms in total. The molecule has 0 saturated carbocycles. The van der Waals surface area contributed by atoms with Crippen LogP contribution in [0.5, 0.6) is 0 Å². The van der Waals surface area contributed by atoms with Crippen LogP contribution in [0.1, 0.15) is 5.56 Å². The molecule has 0 N–H and O–H groups in total. The fourth-order valence-corrected chi connectivity index (χ4v) is 1.39. The van der Waals surface area contributed by atoms with Gasteiger partial charge in [0.2, 0.25) is 0 Å². The monoisotopic (exact) mass is 223 g/mol. The molecule has 0 aliphatic carbocycles. The van der Waals surface area contributed by atoms with E-state index in [0.717, 1.165) is 11.1 Å². The maximum absolute atomic E-state index is 5.01. The van der Waals surface area contributed by atoms with Crippen LogP contribution in [0, 0.1) is 0 Å². The Hall–Kier alpha value is -2.35. The molecule has 0 amide bonds. The van der Waals surface area contributed by atoms with Crippen LogP contribution in [0.2, 0.25) is 0 Å². The minimum atomic E-state index is 0.845. The lowest BCUT2D eigenvalue weighted by Gasteiger charge is -1.85. The Labute approximate surface area is 100 Å². The smallest absolute Gasteiger partial charge is 0.181 e. The van der Waals surface area contributed by atoms with Gasteiger partial charge < -0.3 is 4.42 Å². The maximum atomic E-state index is 5.01. The highest BCUT2D eigenvalue weighted by atomic mass is 16.3. The molecule has 3 rings (SSSR count). The van der Waals surface area contributed by atoms with Crippen LogP contribution in [-0.4, -0.2) is 4.98 Å². The van der Waals surface area contributed by atoms with Gasteiger partial charge in [0, 0.05) is 0 Å². The van der Waals surface area contributed by atoms with E-state index in [1.807, 2.05) is 60.7 Å². The normalized spacial score (nSPS) is 9.41. The third-order valence-electron chi connectivity index (χ3n) is 2.27. The number of para-hydroxylation sites is 2. The Bertz CT molecular complexity index is 554. The van der Waals surface area contributed by atoms with Gasteiger partial charge in [-0.1, -0.05) is 55.1 Å². The van der Waals surface area contributed by atoms with Gasteiger partial charge in [-0.05, 0) is 17.7 Å². The van der Waals surface area contributed by atoms with Crippen molar-refractivity contribution >= 4 is 17.2 Å². The topological polar surface area (TPSA) is 26.0 Å². The summed E-state index contributed by atoms with van der Waals surface area (Å²) in [5, 5.41) is 0. The van der Waals surface area contributed by atoms with Crippen molar-refractivity contribution in [3.8, 4) is 0 Å². The maximum Gasteiger partial charge on any atom is 0.181 e. The molecule has 0 aliphatic rings. The number of oxazole rings is 1. The molecule has 0 radical (unpaired) electrons. The van der Waals surface area contributed by atoms with E-state index in [0.29, 0.717) is 0 Å². The first-order valence-corrected chi connectivity index (χ1v) is 5.36. The molecule has 0 unspecified atom stereocenters. The fourth-order valence-electron chi connectivity index (χ4n) is 1.39. The zero-order chi connectivity index (χ0) is 11.9. The second-order valence-electron chi connectivity index (χ2n) is 3.43. The van der Waals surface area contributed by atoms with Gasteiger partial charge in [0.25, 0.3) is 0 Å². The van der Waals surface area contributed by atoms with Crippen LogP contribution in [-0.2, 0) is 0 Å². The highest BCUT2D eigenvalue weighted by Crippen LogP contribution is 2.09. The molecule has 0 spiro atoms. The van der Waals surface area contributed by atoms with Gasteiger partial charge in [-0.2, -0.15) is 0 Å². The van der Waals surface area contributed by atoms with E-state index in [-0.39, 0.29) is 0 Å². The van der Waals surface area contributed by atoms with Gasteiger partial charge in [-0.15, -0.1) is 0 Å². The van der Waals surface area contributed by atoms with E-state index >= 15 is 0 Å². The molecular weight excluding hydrogens is 210 g/mol. The largest absolute Gasteiger partial charge is 0.443 e. The van der Waals surface area contributed by atoms with Crippen molar-refractivity contribution in [3.63, 3.8) is 0 Å². The summed E-state index contributed by atoms with van der Waals surface area (Å²) in [6.45, 7) is 3.63. The number of rotatable bonds is 1. The van der Waals surface area contributed by atoms with Crippen LogP contribution in [0.4, 0.5) is 0 Å². The second kappa shape index (κ2) is 5.66. The molecule has 0 saturated heterocycles. The van der Waals surface area contributed by atoms with Crippen LogP contribution in [0.3, 0.4) is 0 Å². The summed E-state index contributed by atoms with van der Waals surface area (Å²) in [6.07, 6.45) is 3.28. The first-order valence-electron chi connectivity index (χ1n) is 5.36. The van der Waals surface area contributed by atoms with Gasteiger partial charge in [0.05, 0.1) is 0 Å². The van der Waals surface area contributed by atoms with Crippen LogP contribution >= 0.6 is 0 Å². The van der Waals surface area contributed by atoms with E-state index in [9.17, 15) is 0 Å². The Morgan fingerprint density at radius 3 is 2.29 bits per heavy atom. The van der Waals surface area contributed by atoms with E-state index in [2.05, 4.69) is 11.6 Å². The Kier molecular flexibility index (Phi) is 3.71. The van der Waals surface area contributed by atoms with Crippen molar-refractivity contribution in [3.05, 3.63) is 73.1 Å². The number of hydrogen-bond acceptors (Lipinski definition) is 2. The number of fused-ring (bicyclic) bond motifs is 1. The summed E-state index contributed by atoms with van der Waals surface area (Å²) >= 11 is 0. The molecule has 0 aliphatic heterocycles. The highest BCUT2D eigenvalue weighted by molar-refractivity contribution is 5.71. The number of aromatic nitrogens is 1. The Balaban J connectivity index is 0.000000128. The minimum Gasteiger partial charge on any atom is -0.443 e. The van der Waals surface area contributed by atoms with Gasteiger partial charge in [0.15, 0.2) is 12.0 Å². The van der Waals surface area contributed by atoms with Crippen LogP contribution in [0.15, 0.2) is 72.0 Å². The van der Waals surface area contributed by atoms with Gasteiger partial charge in [0.1, 0.15) is 5.52 Å². The Morgan fingerprint density at radius 2 is 1.65 bits per heavy atom. The first kappa shape index (κ1) is 11.1. The van der Waals surface area contributed by atoms with Crippen molar-refractivity contribution in [1.82, 2.24) is 4.98 Å². The lowest BCUT2D eigenvalue weighted by atomic mass is 10.2. The average molecular weight is 223 g/mol. The van der Waals surface area contributed by atoms with Crippen molar-refractivity contribution in [2.45, 2.75) is 0 Å². The van der Waals surface area contributed by atoms with Gasteiger partial charge in [-0.25, -0.2) is 4.98 Å². The third-order valence-corrected chi connectivity index (χ3v) is 2.27. The Morgan fingerprint density at radius 1 is 0.941 bits per heavy atom. The standard InChI is InChI=1S/C8H8.C7H5NO/c1-2-8-6-4-3-5-7-8;1-2-4-7-6(3-1)8-5-9-7/h2-7H,1H2;1-5H. The van der Waals surface area contributed by atoms with E-state index < -0.39 is 0 Å². The minimum absolute atomic E-state index is 0.845. The summed E-state index contributed by atoms with van der Waals surface area (Å²) in [4.78, 5) is 3.95. The van der Waals surface area contributed by atoms with E-state index in [1.54, 1.807) is 0 Å². The summed E-state index contributed by atoms with van der Waals surface area (Å²) in [5.74, 6) is 0. The quantitative estimate of drug-likeness (QED) is 0.619. The molecule has 3 aromatic rings. The number of benzene rings is 2. The van der Waals surface area contributed by atoms with Crippen molar-refractivity contribution in [2.75, 3.05) is 0 Å². The van der Waals surface area contributed by atoms with Crippen molar-refractivity contribution in [2.24, 2.45) is 0 Å². The molecule has 0 bridgehead atoms. The first-order chi connectivity index (χ1) is 8.40. The fraction of sp³-hybridized carbons (Fsp3) is 0. The SMILES string of the molecule is C=Cc1ccccc1.c1ccc2ocnc2c1. The summed E-state index contributed by atoms with van der Waals surface area (Å²) in [6, 6.07) is 17.7. The summed E-state index contributed by atoms with van der Waals surface area (Å²) in [5.41, 5.74) is 2.93. The zero-order valence-electron chi connectivity index (χ0n) is 9.41. The van der Waals surface area contributed by atoms with E-state index in [1.165, 1.54) is 12.0 Å². The number of nitrogens with zero attached hydrogens (tertiary/aromatic N) is 1. The van der Waals surface area contributed by atoms with Crippen molar-refractivity contribution < 1.29 is 4.42 Å². The zero-order valence-corrected chi connectivity index (χ0v) is 9.41. The lowest BCUT2D eigenvalue weighted by molar-refractivity contribution is 0.602. The third kappa shape index (κ3) is 3.05. The lowest BCUT2D eigenvalue weighted by Crippen LogP contribution is -1.63. The molecule has 84 valence electrons. The second-order valence-corrected chi connectivity index (χ2v) is 3.43.